The van der Waals surface area contributed by atoms with Crippen molar-refractivity contribution in [2.24, 2.45) is 0 Å². The highest BCUT2D eigenvalue weighted by molar-refractivity contribution is 5.69. The fourth-order valence-electron chi connectivity index (χ4n) is 1.52. The van der Waals surface area contributed by atoms with Crippen LogP contribution in [0.1, 0.15) is 5.56 Å². The van der Waals surface area contributed by atoms with E-state index < -0.39 is 43.4 Å². The molecule has 0 saturated carbocycles. The Morgan fingerprint density at radius 3 is 2.42 bits per heavy atom. The Morgan fingerprint density at radius 1 is 1.26 bits per heavy atom. The third kappa shape index (κ3) is 5.21. The molecular weight excluding hydrogens is 273 g/mol. The number of hydrogen-bond donors (Lipinski definition) is 1. The molecule has 0 aliphatic heterocycles. The first-order valence-electron chi connectivity index (χ1n) is 5.13. The second-order valence-electron chi connectivity index (χ2n) is 3.87. The molecule has 19 heavy (non-hydrogen) atoms. The van der Waals surface area contributed by atoms with Crippen molar-refractivity contribution in [3.8, 4) is 0 Å². The zero-order chi connectivity index (χ0) is 14.6. The fourth-order valence-corrected chi connectivity index (χ4v) is 1.52. The highest BCUT2D eigenvalue weighted by Gasteiger charge is 2.32. The molecule has 0 atom stereocenters. The van der Waals surface area contributed by atoms with Crippen molar-refractivity contribution in [2.45, 2.75) is 12.7 Å². The molecule has 0 saturated heterocycles. The Kier molecular flexibility index (Phi) is 4.82. The van der Waals surface area contributed by atoms with Gasteiger partial charge in [-0.2, -0.15) is 13.2 Å². The quantitative estimate of drug-likeness (QED) is 0.844. The van der Waals surface area contributed by atoms with Crippen LogP contribution in [-0.4, -0.2) is 35.2 Å². The van der Waals surface area contributed by atoms with E-state index in [1.54, 1.807) is 0 Å². The summed E-state index contributed by atoms with van der Waals surface area (Å²) in [6.07, 6.45) is -4.63. The van der Waals surface area contributed by atoms with Gasteiger partial charge in [-0.15, -0.1) is 0 Å². The molecule has 106 valence electrons. The Bertz CT molecular complexity index is 461. The van der Waals surface area contributed by atoms with Crippen LogP contribution in [0.3, 0.4) is 0 Å². The monoisotopic (exact) mass is 283 g/mol. The summed E-state index contributed by atoms with van der Waals surface area (Å²) in [5.41, 5.74) is -0.328. The van der Waals surface area contributed by atoms with E-state index in [-0.39, 0.29) is 5.56 Å². The number of halogens is 5. The van der Waals surface area contributed by atoms with Gasteiger partial charge in [0.2, 0.25) is 0 Å². The summed E-state index contributed by atoms with van der Waals surface area (Å²) in [5.74, 6) is -3.96. The van der Waals surface area contributed by atoms with Crippen LogP contribution in [0, 0.1) is 11.6 Å². The van der Waals surface area contributed by atoms with E-state index in [0.29, 0.717) is 4.90 Å². The van der Waals surface area contributed by atoms with Crippen LogP contribution >= 0.6 is 0 Å². The van der Waals surface area contributed by atoms with Crippen LogP contribution in [0.2, 0.25) is 0 Å². The van der Waals surface area contributed by atoms with Crippen molar-refractivity contribution in [3.63, 3.8) is 0 Å². The fraction of sp³-hybridized carbons (Fsp3) is 0.364. The molecule has 1 rings (SSSR count). The topological polar surface area (TPSA) is 40.5 Å². The van der Waals surface area contributed by atoms with E-state index in [1.165, 1.54) is 0 Å². The molecule has 0 aliphatic rings. The molecular formula is C11H10F5NO2. The molecule has 1 N–H and O–H groups in total. The summed E-state index contributed by atoms with van der Waals surface area (Å²) in [7, 11) is 0. The Labute approximate surface area is 105 Å². The lowest BCUT2D eigenvalue weighted by Crippen LogP contribution is -2.37. The van der Waals surface area contributed by atoms with E-state index in [9.17, 15) is 26.7 Å². The van der Waals surface area contributed by atoms with Gasteiger partial charge in [-0.05, 0) is 6.07 Å². The van der Waals surface area contributed by atoms with Gasteiger partial charge in [-0.25, -0.2) is 8.78 Å². The van der Waals surface area contributed by atoms with Gasteiger partial charge < -0.3 is 5.11 Å². The van der Waals surface area contributed by atoms with E-state index in [0.717, 1.165) is 18.2 Å². The molecule has 1 aromatic carbocycles. The van der Waals surface area contributed by atoms with Gasteiger partial charge in [0.1, 0.15) is 0 Å². The molecule has 1 aromatic rings. The van der Waals surface area contributed by atoms with Gasteiger partial charge in [-0.1, -0.05) is 12.1 Å². The summed E-state index contributed by atoms with van der Waals surface area (Å²) < 4.78 is 62.9. The number of benzene rings is 1. The van der Waals surface area contributed by atoms with Crippen molar-refractivity contribution in [2.75, 3.05) is 13.1 Å². The summed E-state index contributed by atoms with van der Waals surface area (Å²) in [4.78, 5) is 10.9. The van der Waals surface area contributed by atoms with Crippen LogP contribution in [-0.2, 0) is 11.3 Å². The van der Waals surface area contributed by atoms with Crippen LogP contribution < -0.4 is 0 Å². The molecule has 0 fully saturated rings. The third-order valence-corrected chi connectivity index (χ3v) is 2.19. The Hall–Kier alpha value is -1.70. The molecule has 8 heteroatoms. The lowest BCUT2D eigenvalue weighted by Gasteiger charge is -2.22. The highest BCUT2D eigenvalue weighted by Crippen LogP contribution is 2.19. The van der Waals surface area contributed by atoms with Crippen LogP contribution in [0.4, 0.5) is 22.0 Å². The second-order valence-corrected chi connectivity index (χ2v) is 3.87. The molecule has 0 unspecified atom stereocenters. The average molecular weight is 283 g/mol. The highest BCUT2D eigenvalue weighted by atomic mass is 19.4. The van der Waals surface area contributed by atoms with E-state index in [1.807, 2.05) is 0 Å². The summed E-state index contributed by atoms with van der Waals surface area (Å²) in [6.45, 7) is -3.08. The Balaban J connectivity index is 2.87. The molecule has 0 bridgehead atoms. The van der Waals surface area contributed by atoms with Crippen LogP contribution in [0.5, 0.6) is 0 Å². The normalized spacial score (nSPS) is 11.9. The minimum absolute atomic E-state index is 0.328. The molecule has 0 aliphatic carbocycles. The predicted molar refractivity (Wildman–Crippen MR) is 55.3 cm³/mol. The third-order valence-electron chi connectivity index (χ3n) is 2.19. The summed E-state index contributed by atoms with van der Waals surface area (Å²) in [6, 6.07) is 3.06. The first-order chi connectivity index (χ1) is 8.69. The van der Waals surface area contributed by atoms with Crippen molar-refractivity contribution >= 4 is 5.97 Å². The number of carboxylic acid groups (broad SMARTS) is 1. The zero-order valence-electron chi connectivity index (χ0n) is 9.55. The van der Waals surface area contributed by atoms with Gasteiger partial charge in [0.25, 0.3) is 0 Å². The number of carbonyl (C=O) groups is 1. The second kappa shape index (κ2) is 5.96. The van der Waals surface area contributed by atoms with E-state index >= 15 is 0 Å². The largest absolute Gasteiger partial charge is 0.480 e. The van der Waals surface area contributed by atoms with Gasteiger partial charge in [0.15, 0.2) is 11.6 Å². The van der Waals surface area contributed by atoms with Crippen LogP contribution in [0.25, 0.3) is 0 Å². The Morgan fingerprint density at radius 2 is 1.89 bits per heavy atom. The number of aliphatic carboxylic acids is 1. The van der Waals surface area contributed by atoms with E-state index in [4.69, 9.17) is 5.11 Å². The first kappa shape index (κ1) is 15.4. The van der Waals surface area contributed by atoms with Gasteiger partial charge in [-0.3, -0.25) is 9.69 Å². The number of carboxylic acids is 1. The minimum atomic E-state index is -4.63. The predicted octanol–water partition coefficient (Wildman–Crippen LogP) is 2.41. The minimum Gasteiger partial charge on any atom is -0.480 e. The SMILES string of the molecule is O=C(O)CN(Cc1cccc(F)c1F)CC(F)(F)F. The summed E-state index contributed by atoms with van der Waals surface area (Å²) >= 11 is 0. The maximum absolute atomic E-state index is 13.3. The van der Waals surface area contributed by atoms with Gasteiger partial charge in [0, 0.05) is 12.1 Å². The van der Waals surface area contributed by atoms with Gasteiger partial charge >= 0.3 is 12.1 Å². The number of hydrogen-bond acceptors (Lipinski definition) is 2. The molecule has 0 aromatic heterocycles. The standard InChI is InChI=1S/C11H10F5NO2/c12-8-3-1-2-7(10(8)13)4-17(5-9(18)19)6-11(14,15)16/h1-3H,4-6H2,(H,18,19). The lowest BCUT2D eigenvalue weighted by atomic mass is 10.2. The number of alkyl halides is 3. The molecule has 3 nitrogen and oxygen atoms in total. The van der Waals surface area contributed by atoms with Crippen molar-refractivity contribution in [3.05, 3.63) is 35.4 Å². The maximum Gasteiger partial charge on any atom is 0.401 e. The van der Waals surface area contributed by atoms with Crippen molar-refractivity contribution in [1.29, 1.82) is 0 Å². The number of rotatable bonds is 5. The molecule has 0 amide bonds. The summed E-state index contributed by atoms with van der Waals surface area (Å²) in [5, 5.41) is 8.51. The first-order valence-corrected chi connectivity index (χ1v) is 5.13. The molecule has 0 spiro atoms. The average Bonchev–Trinajstić information content (AvgIpc) is 2.21. The van der Waals surface area contributed by atoms with E-state index in [2.05, 4.69) is 0 Å². The van der Waals surface area contributed by atoms with Crippen LogP contribution in [0.15, 0.2) is 18.2 Å². The molecule has 0 radical (unpaired) electrons. The van der Waals surface area contributed by atoms with Crippen molar-refractivity contribution < 1.29 is 31.9 Å². The van der Waals surface area contributed by atoms with Gasteiger partial charge in [0.05, 0.1) is 13.1 Å². The zero-order valence-corrected chi connectivity index (χ0v) is 9.55. The lowest BCUT2D eigenvalue weighted by molar-refractivity contribution is -0.154. The number of nitrogens with zero attached hydrogens (tertiary/aromatic N) is 1. The molecule has 0 heterocycles. The maximum atomic E-state index is 13.3. The van der Waals surface area contributed by atoms with Crippen molar-refractivity contribution in [1.82, 2.24) is 4.90 Å². The smallest absolute Gasteiger partial charge is 0.401 e.